The van der Waals surface area contributed by atoms with E-state index in [1.165, 1.54) is 0 Å². The minimum atomic E-state index is -0.372. The van der Waals surface area contributed by atoms with Crippen LogP contribution in [0.2, 0.25) is 0 Å². The molecule has 0 bridgehead atoms. The number of nitrogen functional groups attached to an aromatic ring is 2. The Morgan fingerprint density at radius 3 is 1.88 bits per heavy atom. The van der Waals surface area contributed by atoms with Crippen LogP contribution in [0, 0.1) is 11.3 Å². The summed E-state index contributed by atoms with van der Waals surface area (Å²) in [5, 5.41) is 9.50. The SMILES string of the molecule is C=Nc1cccc(C(c2cccc(C#N)c2)C(c2cccc(N)n2)c2cccc(N)n2)n1. The number of anilines is 2. The first-order chi connectivity index (χ1) is 15.6. The molecule has 1 atom stereocenters. The van der Waals surface area contributed by atoms with Crippen molar-refractivity contribution in [1.82, 2.24) is 15.0 Å². The number of pyridine rings is 3. The summed E-state index contributed by atoms with van der Waals surface area (Å²) in [6, 6.07) is 26.2. The monoisotopic (exact) mass is 419 g/mol. The van der Waals surface area contributed by atoms with Gasteiger partial charge >= 0.3 is 0 Å². The number of hydrogen-bond donors (Lipinski definition) is 2. The summed E-state index contributed by atoms with van der Waals surface area (Å²) in [7, 11) is 0. The van der Waals surface area contributed by atoms with Gasteiger partial charge in [0.15, 0.2) is 5.82 Å². The fraction of sp³-hybridized carbons (Fsp3) is 0.0800. The topological polar surface area (TPSA) is 127 Å². The minimum Gasteiger partial charge on any atom is -0.384 e. The molecule has 0 amide bonds. The first-order valence-electron chi connectivity index (χ1n) is 9.97. The fourth-order valence-electron chi connectivity index (χ4n) is 3.81. The van der Waals surface area contributed by atoms with Crippen molar-refractivity contribution in [1.29, 1.82) is 5.26 Å². The average molecular weight is 419 g/mol. The summed E-state index contributed by atoms with van der Waals surface area (Å²) in [5.74, 6) is 0.589. The molecule has 4 aromatic rings. The Labute approximate surface area is 186 Å². The predicted molar refractivity (Wildman–Crippen MR) is 126 cm³/mol. The van der Waals surface area contributed by atoms with Crippen LogP contribution in [0.5, 0.6) is 0 Å². The highest BCUT2D eigenvalue weighted by Gasteiger charge is 2.32. The van der Waals surface area contributed by atoms with Crippen molar-refractivity contribution in [3.05, 3.63) is 107 Å². The van der Waals surface area contributed by atoms with E-state index >= 15 is 0 Å². The maximum Gasteiger partial charge on any atom is 0.151 e. The molecular formula is C25H21N7. The largest absolute Gasteiger partial charge is 0.384 e. The van der Waals surface area contributed by atoms with Crippen molar-refractivity contribution in [2.24, 2.45) is 4.99 Å². The number of nitrogens with two attached hydrogens (primary N) is 2. The van der Waals surface area contributed by atoms with Crippen LogP contribution in [0.25, 0.3) is 0 Å². The second-order valence-electron chi connectivity index (χ2n) is 7.25. The Bertz CT molecular complexity index is 1260. The predicted octanol–water partition coefficient (Wildman–Crippen LogP) is 4.20. The van der Waals surface area contributed by atoms with E-state index in [4.69, 9.17) is 16.5 Å². The molecule has 32 heavy (non-hydrogen) atoms. The van der Waals surface area contributed by atoms with Gasteiger partial charge in [0.05, 0.1) is 34.6 Å². The molecule has 7 heteroatoms. The van der Waals surface area contributed by atoms with Crippen molar-refractivity contribution < 1.29 is 0 Å². The highest BCUT2D eigenvalue weighted by molar-refractivity contribution is 5.47. The van der Waals surface area contributed by atoms with Crippen molar-refractivity contribution in [2.45, 2.75) is 11.8 Å². The molecule has 1 aromatic carbocycles. The third-order valence-electron chi connectivity index (χ3n) is 5.17. The lowest BCUT2D eigenvalue weighted by Gasteiger charge is -2.27. The summed E-state index contributed by atoms with van der Waals surface area (Å²) < 4.78 is 0. The smallest absolute Gasteiger partial charge is 0.151 e. The van der Waals surface area contributed by atoms with E-state index in [9.17, 15) is 5.26 Å². The Morgan fingerprint density at radius 2 is 1.31 bits per heavy atom. The van der Waals surface area contributed by atoms with E-state index in [-0.39, 0.29) is 11.8 Å². The molecular weight excluding hydrogens is 398 g/mol. The van der Waals surface area contributed by atoms with Gasteiger partial charge in [0.25, 0.3) is 0 Å². The van der Waals surface area contributed by atoms with Crippen LogP contribution in [-0.2, 0) is 0 Å². The van der Waals surface area contributed by atoms with Crippen molar-refractivity contribution in [2.75, 3.05) is 11.5 Å². The van der Waals surface area contributed by atoms with Gasteiger partial charge in [-0.1, -0.05) is 30.3 Å². The Hall–Kier alpha value is -4.57. The second-order valence-corrected chi connectivity index (χ2v) is 7.25. The van der Waals surface area contributed by atoms with Gasteiger partial charge in [-0.15, -0.1) is 0 Å². The maximum absolute atomic E-state index is 9.50. The van der Waals surface area contributed by atoms with Gasteiger partial charge in [-0.3, -0.25) is 0 Å². The van der Waals surface area contributed by atoms with E-state index in [0.717, 1.165) is 11.3 Å². The summed E-state index contributed by atoms with van der Waals surface area (Å²) in [6.45, 7) is 3.60. The Morgan fingerprint density at radius 1 is 0.750 bits per heavy atom. The van der Waals surface area contributed by atoms with Crippen LogP contribution >= 0.6 is 0 Å². The van der Waals surface area contributed by atoms with E-state index < -0.39 is 0 Å². The number of rotatable bonds is 6. The number of benzene rings is 1. The molecule has 0 aliphatic rings. The summed E-state index contributed by atoms with van der Waals surface area (Å²) >= 11 is 0. The molecule has 0 saturated carbocycles. The third kappa shape index (κ3) is 4.30. The van der Waals surface area contributed by atoms with Gasteiger partial charge in [0, 0.05) is 5.92 Å². The van der Waals surface area contributed by atoms with Gasteiger partial charge in [-0.25, -0.2) is 19.9 Å². The zero-order valence-corrected chi connectivity index (χ0v) is 17.3. The van der Waals surface area contributed by atoms with Crippen LogP contribution < -0.4 is 11.5 Å². The molecule has 7 nitrogen and oxygen atoms in total. The van der Waals surface area contributed by atoms with Crippen LogP contribution in [0.15, 0.2) is 83.9 Å². The zero-order valence-electron chi connectivity index (χ0n) is 17.3. The van der Waals surface area contributed by atoms with Crippen LogP contribution in [0.1, 0.15) is 40.0 Å². The van der Waals surface area contributed by atoms with E-state index in [0.29, 0.717) is 34.4 Å². The van der Waals surface area contributed by atoms with E-state index in [2.05, 4.69) is 27.7 Å². The standard InChI is InChI=1S/C25H21N7/c1-29-23-13-5-10-18(32-23)24(17-7-2-6-16(14-17)15-26)25(19-8-3-11-21(27)30-19)20-9-4-12-22(28)31-20/h2-14,24-25H,1H2,(H2,27,30)(H2,28,31). The average Bonchev–Trinajstić information content (AvgIpc) is 2.82. The summed E-state index contributed by atoms with van der Waals surface area (Å²) in [4.78, 5) is 17.9. The maximum atomic E-state index is 9.50. The van der Waals surface area contributed by atoms with Crippen molar-refractivity contribution in [3.63, 3.8) is 0 Å². The number of nitrogens with zero attached hydrogens (tertiary/aromatic N) is 5. The molecule has 4 rings (SSSR count). The highest BCUT2D eigenvalue weighted by atomic mass is 14.9. The van der Waals surface area contributed by atoms with Crippen molar-refractivity contribution in [3.8, 4) is 6.07 Å². The molecule has 156 valence electrons. The molecule has 3 heterocycles. The summed E-state index contributed by atoms with van der Waals surface area (Å²) in [5.41, 5.74) is 15.7. The zero-order chi connectivity index (χ0) is 22.5. The number of aliphatic imine (C=N–C) groups is 1. The molecule has 0 radical (unpaired) electrons. The van der Waals surface area contributed by atoms with E-state index in [1.807, 2.05) is 54.6 Å². The van der Waals surface area contributed by atoms with Crippen molar-refractivity contribution >= 4 is 24.2 Å². The first-order valence-corrected chi connectivity index (χ1v) is 9.97. The third-order valence-corrected chi connectivity index (χ3v) is 5.17. The lowest BCUT2D eigenvalue weighted by atomic mass is 9.78. The van der Waals surface area contributed by atoms with Gasteiger partial charge in [-0.2, -0.15) is 5.26 Å². The Kier molecular flexibility index (Phi) is 5.86. The van der Waals surface area contributed by atoms with E-state index in [1.54, 1.807) is 24.3 Å². The molecule has 4 N–H and O–H groups in total. The normalized spacial score (nSPS) is 11.6. The second kappa shape index (κ2) is 9.06. The summed E-state index contributed by atoms with van der Waals surface area (Å²) in [6.07, 6.45) is 0. The van der Waals surface area contributed by atoms with Crippen LogP contribution in [-0.4, -0.2) is 21.7 Å². The lowest BCUT2D eigenvalue weighted by Crippen LogP contribution is -2.19. The molecule has 0 fully saturated rings. The van der Waals surface area contributed by atoms with Gasteiger partial charge in [-0.05, 0) is 60.8 Å². The fourth-order valence-corrected chi connectivity index (χ4v) is 3.81. The van der Waals surface area contributed by atoms with Crippen LogP contribution in [0.4, 0.5) is 17.5 Å². The molecule has 0 aliphatic heterocycles. The molecule has 0 saturated heterocycles. The Balaban J connectivity index is 2.01. The number of aromatic nitrogens is 3. The quantitative estimate of drug-likeness (QED) is 0.451. The molecule has 0 spiro atoms. The van der Waals surface area contributed by atoms with Gasteiger partial charge in [0.2, 0.25) is 0 Å². The van der Waals surface area contributed by atoms with Crippen LogP contribution in [0.3, 0.4) is 0 Å². The first kappa shape index (κ1) is 20.7. The van der Waals surface area contributed by atoms with Gasteiger partial charge in [0.1, 0.15) is 11.6 Å². The molecule has 0 aliphatic carbocycles. The minimum absolute atomic E-state index is 0.339. The molecule has 3 aromatic heterocycles. The molecule has 1 unspecified atom stereocenters. The highest BCUT2D eigenvalue weighted by Crippen LogP contribution is 2.42. The number of nitriles is 1. The van der Waals surface area contributed by atoms with Gasteiger partial charge < -0.3 is 11.5 Å². The number of hydrogen-bond acceptors (Lipinski definition) is 7. The lowest BCUT2D eigenvalue weighted by molar-refractivity contribution is 0.643.